The van der Waals surface area contributed by atoms with Gasteiger partial charge in [-0.1, -0.05) is 64.2 Å². The van der Waals surface area contributed by atoms with Gasteiger partial charge in [0, 0.05) is 12.5 Å². The van der Waals surface area contributed by atoms with Crippen LogP contribution in [0.1, 0.15) is 103 Å². The van der Waals surface area contributed by atoms with Gasteiger partial charge in [0.2, 0.25) is 0 Å². The summed E-state index contributed by atoms with van der Waals surface area (Å²) in [6, 6.07) is 25.5. The maximum atomic E-state index is 13.0. The normalized spacial score (nSPS) is 12.9. The number of esters is 2. The van der Waals surface area contributed by atoms with Crippen molar-refractivity contribution in [1.82, 2.24) is 0 Å². The van der Waals surface area contributed by atoms with Crippen molar-refractivity contribution in [2.45, 2.75) is 71.1 Å². The Kier molecular flexibility index (Phi) is 13.7. The van der Waals surface area contributed by atoms with E-state index < -0.39 is 11.9 Å². The van der Waals surface area contributed by atoms with Crippen molar-refractivity contribution in [3.63, 3.8) is 0 Å². The first kappa shape index (κ1) is 36.4. The second-order valence-corrected chi connectivity index (χ2v) is 12.6. The Morgan fingerprint density at radius 2 is 1.04 bits per heavy atom. The Balaban J connectivity index is 1.11. The third-order valence-electron chi connectivity index (χ3n) is 8.82. The molecule has 0 bridgehead atoms. The summed E-state index contributed by atoms with van der Waals surface area (Å²) in [5.74, 6) is 1.56. The van der Waals surface area contributed by atoms with Gasteiger partial charge in [0.1, 0.15) is 23.0 Å². The topological polar surface area (TPSA) is 80.3 Å². The maximum Gasteiger partial charge on any atom is 0.343 e. The van der Waals surface area contributed by atoms with Crippen LogP contribution in [0.15, 0.2) is 97.6 Å². The molecule has 1 aliphatic rings. The number of benzene rings is 4. The molecule has 0 radical (unpaired) electrons. The van der Waals surface area contributed by atoms with E-state index in [0.29, 0.717) is 54.8 Å². The lowest BCUT2D eigenvalue weighted by atomic mass is 9.99. The van der Waals surface area contributed by atoms with Crippen LogP contribution < -0.4 is 18.9 Å². The van der Waals surface area contributed by atoms with E-state index in [2.05, 4.69) is 20.4 Å². The molecule has 0 fully saturated rings. The van der Waals surface area contributed by atoms with Crippen LogP contribution in [0.5, 0.6) is 23.0 Å². The molecule has 0 saturated heterocycles. The molecule has 0 aliphatic heterocycles. The van der Waals surface area contributed by atoms with E-state index in [1.54, 1.807) is 42.5 Å². The molecule has 0 N–H and O–H groups in total. The SMILES string of the molecule is C=CCOCCCCOc1ccc(C(=O)Oc2ccc3c(c2)C(C)c2cc(OC(=O)c4ccc(OCCCCCCCC)cc4)ccc2-3)cc1. The predicted molar refractivity (Wildman–Crippen MR) is 197 cm³/mol. The van der Waals surface area contributed by atoms with Crippen LogP contribution in [0.3, 0.4) is 0 Å². The fraction of sp³-hybridized carbons (Fsp3) is 0.349. The van der Waals surface area contributed by atoms with Gasteiger partial charge >= 0.3 is 11.9 Å². The monoisotopic (exact) mass is 676 g/mol. The van der Waals surface area contributed by atoms with Crippen LogP contribution in [0.4, 0.5) is 0 Å². The molecule has 1 unspecified atom stereocenters. The Labute approximate surface area is 296 Å². The van der Waals surface area contributed by atoms with E-state index in [1.807, 2.05) is 48.5 Å². The fourth-order valence-corrected chi connectivity index (χ4v) is 6.02. The summed E-state index contributed by atoms with van der Waals surface area (Å²) < 4.78 is 28.5. The molecule has 262 valence electrons. The lowest BCUT2D eigenvalue weighted by Crippen LogP contribution is -2.09. The number of fused-ring (bicyclic) bond motifs is 3. The number of carbonyl (C=O) groups excluding carboxylic acids is 2. The number of ether oxygens (including phenoxy) is 5. The van der Waals surface area contributed by atoms with Gasteiger partial charge in [-0.15, -0.1) is 6.58 Å². The van der Waals surface area contributed by atoms with Crippen LogP contribution in [0.2, 0.25) is 0 Å². The summed E-state index contributed by atoms with van der Waals surface area (Å²) in [7, 11) is 0. The van der Waals surface area contributed by atoms with Crippen molar-refractivity contribution in [2.24, 2.45) is 0 Å². The standard InChI is InChI=1S/C43H48O7/c1-4-6-7-8-9-10-27-47-34-17-13-32(14-18-34)42(44)49-36-21-23-38-39-24-22-37(30-41(39)31(3)40(38)29-36)50-43(45)33-15-19-35(20-16-33)48-28-12-11-26-46-25-5-2/h5,13-24,29-31H,2,4,6-12,25-28H2,1,3H3. The smallest absolute Gasteiger partial charge is 0.343 e. The predicted octanol–water partition coefficient (Wildman–Crippen LogP) is 10.4. The third kappa shape index (κ3) is 10.1. The van der Waals surface area contributed by atoms with Crippen molar-refractivity contribution in [3.8, 4) is 34.1 Å². The molecule has 0 saturated carbocycles. The minimum absolute atomic E-state index is 0.0189. The molecule has 5 rings (SSSR count). The Morgan fingerprint density at radius 1 is 0.600 bits per heavy atom. The zero-order valence-electron chi connectivity index (χ0n) is 29.3. The Bertz CT molecular complexity index is 1710. The highest BCUT2D eigenvalue weighted by atomic mass is 16.5. The molecule has 7 heteroatoms. The average molecular weight is 677 g/mol. The Hall–Kier alpha value is -4.88. The zero-order chi connectivity index (χ0) is 35.1. The first-order valence-corrected chi connectivity index (χ1v) is 17.8. The second-order valence-electron chi connectivity index (χ2n) is 12.6. The molecular weight excluding hydrogens is 628 g/mol. The summed E-state index contributed by atoms with van der Waals surface area (Å²) in [6.45, 7) is 10.4. The minimum atomic E-state index is -0.439. The fourth-order valence-electron chi connectivity index (χ4n) is 6.02. The average Bonchev–Trinajstić information content (AvgIpc) is 3.41. The van der Waals surface area contributed by atoms with Gasteiger partial charge in [-0.25, -0.2) is 9.59 Å². The summed E-state index contributed by atoms with van der Waals surface area (Å²) in [5, 5.41) is 0. The van der Waals surface area contributed by atoms with Gasteiger partial charge in [0.15, 0.2) is 0 Å². The van der Waals surface area contributed by atoms with E-state index in [0.717, 1.165) is 47.3 Å². The van der Waals surface area contributed by atoms with Crippen LogP contribution in [-0.4, -0.2) is 38.4 Å². The number of carbonyl (C=O) groups is 2. The Morgan fingerprint density at radius 3 is 1.54 bits per heavy atom. The molecule has 4 aromatic carbocycles. The van der Waals surface area contributed by atoms with Gasteiger partial charge in [0.05, 0.1) is 30.9 Å². The molecule has 4 aromatic rings. The van der Waals surface area contributed by atoms with Gasteiger partial charge in [0.25, 0.3) is 0 Å². The first-order chi connectivity index (χ1) is 24.5. The summed E-state index contributed by atoms with van der Waals surface area (Å²) >= 11 is 0. The van der Waals surface area contributed by atoms with Crippen molar-refractivity contribution in [1.29, 1.82) is 0 Å². The van der Waals surface area contributed by atoms with Gasteiger partial charge in [-0.05, 0) is 114 Å². The lowest BCUT2D eigenvalue weighted by Gasteiger charge is -2.11. The highest BCUT2D eigenvalue weighted by Gasteiger charge is 2.27. The summed E-state index contributed by atoms with van der Waals surface area (Å²) in [4.78, 5) is 25.9. The highest BCUT2D eigenvalue weighted by molar-refractivity contribution is 5.92. The van der Waals surface area contributed by atoms with Crippen LogP contribution in [-0.2, 0) is 4.74 Å². The summed E-state index contributed by atoms with van der Waals surface area (Å²) in [5.41, 5.74) is 5.13. The van der Waals surface area contributed by atoms with E-state index in [4.69, 9.17) is 23.7 Å². The maximum absolute atomic E-state index is 13.0. The van der Waals surface area contributed by atoms with Crippen LogP contribution >= 0.6 is 0 Å². The van der Waals surface area contributed by atoms with Crippen LogP contribution in [0, 0.1) is 0 Å². The molecule has 0 spiro atoms. The number of hydrogen-bond donors (Lipinski definition) is 0. The molecule has 50 heavy (non-hydrogen) atoms. The number of hydrogen-bond acceptors (Lipinski definition) is 7. The molecule has 7 nitrogen and oxygen atoms in total. The largest absolute Gasteiger partial charge is 0.494 e. The molecule has 0 amide bonds. The van der Waals surface area contributed by atoms with Crippen molar-refractivity contribution >= 4 is 11.9 Å². The lowest BCUT2D eigenvalue weighted by molar-refractivity contribution is 0.0725. The first-order valence-electron chi connectivity index (χ1n) is 17.8. The summed E-state index contributed by atoms with van der Waals surface area (Å²) in [6.07, 6.45) is 10.8. The molecule has 1 aliphatic carbocycles. The highest BCUT2D eigenvalue weighted by Crippen LogP contribution is 2.47. The van der Waals surface area contributed by atoms with Crippen molar-refractivity contribution in [3.05, 3.63) is 120 Å². The molecule has 0 aromatic heterocycles. The van der Waals surface area contributed by atoms with Gasteiger partial charge in [-0.3, -0.25) is 0 Å². The number of unbranched alkanes of at least 4 members (excludes halogenated alkanes) is 6. The van der Waals surface area contributed by atoms with E-state index in [1.165, 1.54) is 32.1 Å². The van der Waals surface area contributed by atoms with Gasteiger partial charge in [-0.2, -0.15) is 0 Å². The van der Waals surface area contributed by atoms with Crippen LogP contribution in [0.25, 0.3) is 11.1 Å². The molecule has 0 heterocycles. The van der Waals surface area contributed by atoms with Crippen molar-refractivity contribution < 1.29 is 33.3 Å². The molecule has 1 atom stereocenters. The second kappa shape index (κ2) is 18.8. The third-order valence-corrected chi connectivity index (χ3v) is 8.82. The van der Waals surface area contributed by atoms with E-state index in [-0.39, 0.29) is 5.92 Å². The van der Waals surface area contributed by atoms with E-state index >= 15 is 0 Å². The minimum Gasteiger partial charge on any atom is -0.494 e. The van der Waals surface area contributed by atoms with Crippen molar-refractivity contribution in [2.75, 3.05) is 26.4 Å². The van der Waals surface area contributed by atoms with E-state index in [9.17, 15) is 9.59 Å². The molecular formula is C43H48O7. The van der Waals surface area contributed by atoms with Gasteiger partial charge < -0.3 is 23.7 Å². The zero-order valence-corrected chi connectivity index (χ0v) is 29.3. The number of rotatable bonds is 20. The quantitative estimate of drug-likeness (QED) is 0.0399.